The van der Waals surface area contributed by atoms with Crippen molar-refractivity contribution >= 4 is 17.3 Å². The molecule has 2 atom stereocenters. The minimum Gasteiger partial charge on any atom is -0.392 e. The van der Waals surface area contributed by atoms with Crippen LogP contribution in [0, 0.1) is 22.7 Å². The van der Waals surface area contributed by atoms with Gasteiger partial charge < -0.3 is 15.2 Å². The van der Waals surface area contributed by atoms with Gasteiger partial charge in [0.05, 0.1) is 17.4 Å². The molecule has 0 amide bonds. The van der Waals surface area contributed by atoms with E-state index in [9.17, 15) is 10.4 Å². The second kappa shape index (κ2) is 6.45. The standard InChI is InChI=1S/C17H21ClN2O2/c18-14-1-2-15(13(9-14)10-19)20-11-12-3-4-17(16(12)21)5-7-22-8-6-17/h1-2,9,12,16,20-21H,3-8,11H2/t12-,16-/m1/s1. The summed E-state index contributed by atoms with van der Waals surface area (Å²) < 4.78 is 5.44. The molecule has 3 rings (SSSR count). The fraction of sp³-hybridized carbons (Fsp3) is 0.588. The van der Waals surface area contributed by atoms with Gasteiger partial charge in [0.25, 0.3) is 0 Å². The van der Waals surface area contributed by atoms with E-state index in [0.29, 0.717) is 17.1 Å². The summed E-state index contributed by atoms with van der Waals surface area (Å²) in [6.45, 7) is 2.19. The quantitative estimate of drug-likeness (QED) is 0.897. The fourth-order valence-corrected chi connectivity index (χ4v) is 3.99. The lowest BCUT2D eigenvalue weighted by Crippen LogP contribution is -2.40. The molecule has 22 heavy (non-hydrogen) atoms. The number of nitriles is 1. The number of rotatable bonds is 3. The second-order valence-electron chi connectivity index (χ2n) is 6.40. The molecule has 118 valence electrons. The first kappa shape index (κ1) is 15.6. The van der Waals surface area contributed by atoms with Crippen LogP contribution in [0.15, 0.2) is 18.2 Å². The first-order valence-electron chi connectivity index (χ1n) is 7.84. The number of benzene rings is 1. The summed E-state index contributed by atoms with van der Waals surface area (Å²) in [4.78, 5) is 0. The molecule has 4 nitrogen and oxygen atoms in total. The Hall–Kier alpha value is -1.28. The normalized spacial score (nSPS) is 26.8. The monoisotopic (exact) mass is 320 g/mol. The fourth-order valence-electron chi connectivity index (χ4n) is 3.82. The van der Waals surface area contributed by atoms with E-state index in [1.807, 2.05) is 6.07 Å². The zero-order valence-electron chi connectivity index (χ0n) is 12.5. The molecule has 2 N–H and O–H groups in total. The van der Waals surface area contributed by atoms with Crippen LogP contribution in [0.4, 0.5) is 5.69 Å². The van der Waals surface area contributed by atoms with Crippen LogP contribution < -0.4 is 5.32 Å². The highest BCUT2D eigenvalue weighted by atomic mass is 35.5. The predicted molar refractivity (Wildman–Crippen MR) is 85.9 cm³/mol. The minimum absolute atomic E-state index is 0.0443. The molecule has 1 saturated carbocycles. The third-order valence-electron chi connectivity index (χ3n) is 5.23. The summed E-state index contributed by atoms with van der Waals surface area (Å²) in [7, 11) is 0. The van der Waals surface area contributed by atoms with Crippen LogP contribution in [0.25, 0.3) is 0 Å². The first-order valence-corrected chi connectivity index (χ1v) is 8.22. The van der Waals surface area contributed by atoms with Crippen molar-refractivity contribution in [2.45, 2.75) is 31.8 Å². The second-order valence-corrected chi connectivity index (χ2v) is 6.84. The van der Waals surface area contributed by atoms with Crippen molar-refractivity contribution < 1.29 is 9.84 Å². The van der Waals surface area contributed by atoms with Crippen molar-refractivity contribution in [1.29, 1.82) is 5.26 Å². The summed E-state index contributed by atoms with van der Waals surface area (Å²) in [5.41, 5.74) is 1.37. The van der Waals surface area contributed by atoms with Crippen molar-refractivity contribution in [1.82, 2.24) is 0 Å². The molecular formula is C17H21ClN2O2. The number of aliphatic hydroxyl groups is 1. The molecule has 1 aliphatic carbocycles. The van der Waals surface area contributed by atoms with Crippen molar-refractivity contribution in [3.63, 3.8) is 0 Å². The maximum Gasteiger partial charge on any atom is 0.101 e. The van der Waals surface area contributed by atoms with Gasteiger partial charge in [-0.3, -0.25) is 0 Å². The van der Waals surface area contributed by atoms with Crippen LogP contribution in [-0.4, -0.2) is 31.0 Å². The maximum absolute atomic E-state index is 10.7. The Balaban J connectivity index is 1.64. The van der Waals surface area contributed by atoms with Crippen molar-refractivity contribution in [3.05, 3.63) is 28.8 Å². The Bertz CT molecular complexity index is 579. The van der Waals surface area contributed by atoms with Crippen LogP contribution in [0.1, 0.15) is 31.2 Å². The van der Waals surface area contributed by atoms with E-state index < -0.39 is 0 Å². The lowest BCUT2D eigenvalue weighted by molar-refractivity contribution is -0.0545. The average molecular weight is 321 g/mol. The van der Waals surface area contributed by atoms with Crippen LogP contribution in [0.5, 0.6) is 0 Å². The molecule has 1 aliphatic heterocycles. The number of anilines is 1. The van der Waals surface area contributed by atoms with Crippen LogP contribution in [-0.2, 0) is 4.74 Å². The Labute approximate surface area is 136 Å². The largest absolute Gasteiger partial charge is 0.392 e. The van der Waals surface area contributed by atoms with E-state index in [0.717, 1.165) is 44.6 Å². The number of ether oxygens (including phenoxy) is 1. The maximum atomic E-state index is 10.7. The smallest absolute Gasteiger partial charge is 0.101 e. The molecule has 0 bridgehead atoms. The molecular weight excluding hydrogens is 300 g/mol. The van der Waals surface area contributed by atoms with Gasteiger partial charge in [0.15, 0.2) is 0 Å². The van der Waals surface area contributed by atoms with Gasteiger partial charge in [-0.05, 0) is 43.9 Å². The topological polar surface area (TPSA) is 65.3 Å². The summed E-state index contributed by atoms with van der Waals surface area (Å²) >= 11 is 5.91. The summed E-state index contributed by atoms with van der Waals surface area (Å²) in [6.07, 6.45) is 3.70. The average Bonchev–Trinajstić information content (AvgIpc) is 2.83. The summed E-state index contributed by atoms with van der Waals surface area (Å²) in [5.74, 6) is 0.223. The molecule has 0 radical (unpaired) electrons. The molecule has 0 aromatic heterocycles. The van der Waals surface area contributed by atoms with Crippen molar-refractivity contribution in [3.8, 4) is 6.07 Å². The van der Waals surface area contributed by atoms with E-state index >= 15 is 0 Å². The number of nitrogens with one attached hydrogen (secondary N) is 1. The third kappa shape index (κ3) is 2.94. The highest BCUT2D eigenvalue weighted by Gasteiger charge is 2.47. The molecule has 1 saturated heterocycles. The lowest BCUT2D eigenvalue weighted by Gasteiger charge is -2.37. The first-order chi connectivity index (χ1) is 10.6. The van der Waals surface area contributed by atoms with Gasteiger partial charge in [0, 0.05) is 36.1 Å². The zero-order valence-corrected chi connectivity index (χ0v) is 13.3. The minimum atomic E-state index is -0.290. The third-order valence-corrected chi connectivity index (χ3v) is 5.47. The van der Waals surface area contributed by atoms with Crippen molar-refractivity contribution in [2.75, 3.05) is 25.1 Å². The SMILES string of the molecule is N#Cc1cc(Cl)ccc1NC[C@H]1CCC2(CCOCC2)[C@@H]1O. The lowest BCUT2D eigenvalue weighted by atomic mass is 9.76. The molecule has 1 heterocycles. The molecule has 5 heteroatoms. The Morgan fingerprint density at radius 1 is 1.36 bits per heavy atom. The summed E-state index contributed by atoms with van der Waals surface area (Å²) in [5, 5.41) is 23.8. The molecule has 1 aromatic rings. The zero-order chi connectivity index (χ0) is 15.6. The molecule has 2 aliphatic rings. The van der Waals surface area contributed by atoms with E-state index in [1.165, 1.54) is 0 Å². The van der Waals surface area contributed by atoms with E-state index in [1.54, 1.807) is 12.1 Å². The number of hydrogen-bond donors (Lipinski definition) is 2. The van der Waals surface area contributed by atoms with Crippen molar-refractivity contribution in [2.24, 2.45) is 11.3 Å². The Morgan fingerprint density at radius 2 is 2.14 bits per heavy atom. The van der Waals surface area contributed by atoms with Gasteiger partial charge in [-0.1, -0.05) is 11.6 Å². The van der Waals surface area contributed by atoms with E-state index in [4.69, 9.17) is 16.3 Å². The van der Waals surface area contributed by atoms with E-state index in [2.05, 4.69) is 11.4 Å². The van der Waals surface area contributed by atoms with Crippen LogP contribution in [0.2, 0.25) is 5.02 Å². The number of hydrogen-bond acceptors (Lipinski definition) is 4. The van der Waals surface area contributed by atoms with Gasteiger partial charge in [-0.25, -0.2) is 0 Å². The van der Waals surface area contributed by atoms with Gasteiger partial charge >= 0.3 is 0 Å². The van der Waals surface area contributed by atoms with Crippen LogP contribution in [0.3, 0.4) is 0 Å². The summed E-state index contributed by atoms with van der Waals surface area (Å²) in [6, 6.07) is 7.41. The van der Waals surface area contributed by atoms with Gasteiger partial charge in [-0.15, -0.1) is 0 Å². The van der Waals surface area contributed by atoms with Gasteiger partial charge in [0.2, 0.25) is 0 Å². The highest BCUT2D eigenvalue weighted by Crippen LogP contribution is 2.48. The highest BCUT2D eigenvalue weighted by molar-refractivity contribution is 6.30. The van der Waals surface area contributed by atoms with Gasteiger partial charge in [0.1, 0.15) is 6.07 Å². The predicted octanol–water partition coefficient (Wildman–Crippen LogP) is 3.19. The molecule has 2 fully saturated rings. The van der Waals surface area contributed by atoms with Gasteiger partial charge in [-0.2, -0.15) is 5.26 Å². The van der Waals surface area contributed by atoms with Crippen LogP contribution >= 0.6 is 11.6 Å². The Morgan fingerprint density at radius 3 is 2.86 bits per heavy atom. The van der Waals surface area contributed by atoms with E-state index in [-0.39, 0.29) is 17.4 Å². The Kier molecular flexibility index (Phi) is 4.58. The number of halogens is 1. The molecule has 1 spiro atoms. The number of nitrogens with zero attached hydrogens (tertiary/aromatic N) is 1. The molecule has 0 unspecified atom stereocenters. The number of aliphatic hydroxyl groups excluding tert-OH is 1. The molecule has 1 aromatic carbocycles.